The molecule has 2 unspecified atom stereocenters. The summed E-state index contributed by atoms with van der Waals surface area (Å²) in [6, 6.07) is 9.56. The zero-order chi connectivity index (χ0) is 20.4. The highest BCUT2D eigenvalue weighted by Crippen LogP contribution is 2.19. The fourth-order valence-corrected chi connectivity index (χ4v) is 3.00. The number of ether oxygens (including phenoxy) is 1. The van der Waals surface area contributed by atoms with Crippen LogP contribution in [-0.4, -0.2) is 73.6 Å². The van der Waals surface area contributed by atoms with E-state index in [0.29, 0.717) is 38.6 Å². The normalized spacial score (nSPS) is 19.6. The van der Waals surface area contributed by atoms with Gasteiger partial charge >= 0.3 is 6.18 Å². The van der Waals surface area contributed by atoms with Crippen LogP contribution in [0.4, 0.5) is 13.2 Å². The van der Waals surface area contributed by atoms with Gasteiger partial charge in [0.25, 0.3) is 0 Å². The highest BCUT2D eigenvalue weighted by atomic mass is 19.4. The number of benzene rings is 1. The minimum atomic E-state index is -4.18. The van der Waals surface area contributed by atoms with E-state index in [4.69, 9.17) is 4.74 Å². The standard InChI is InChI=1S/C19H29F3N4O2/c1-2-23-18(25-16-8-9-26(11-16)14-19(20,21)22)24-10-17(27)13-28-12-15-6-4-3-5-7-15/h3-7,16-17,27H,2,8-14H2,1H3,(H2,23,24,25). The zero-order valence-electron chi connectivity index (χ0n) is 16.1. The Morgan fingerprint density at radius 1 is 1.36 bits per heavy atom. The summed E-state index contributed by atoms with van der Waals surface area (Å²) in [5, 5.41) is 16.3. The molecule has 2 rings (SSSR count). The molecule has 1 fully saturated rings. The number of rotatable bonds is 9. The summed E-state index contributed by atoms with van der Waals surface area (Å²) in [5.74, 6) is 0.489. The van der Waals surface area contributed by atoms with Crippen molar-refractivity contribution in [2.75, 3.05) is 39.3 Å². The van der Waals surface area contributed by atoms with Crippen molar-refractivity contribution in [2.45, 2.75) is 38.3 Å². The van der Waals surface area contributed by atoms with Crippen LogP contribution in [0.15, 0.2) is 35.3 Å². The van der Waals surface area contributed by atoms with Gasteiger partial charge in [-0.3, -0.25) is 9.89 Å². The first-order valence-corrected chi connectivity index (χ1v) is 9.49. The predicted octanol–water partition coefficient (Wildman–Crippen LogP) is 1.76. The molecule has 9 heteroatoms. The van der Waals surface area contributed by atoms with Crippen LogP contribution in [0.3, 0.4) is 0 Å². The smallest absolute Gasteiger partial charge is 0.389 e. The Morgan fingerprint density at radius 3 is 2.79 bits per heavy atom. The van der Waals surface area contributed by atoms with Crippen LogP contribution in [0.2, 0.25) is 0 Å². The maximum Gasteiger partial charge on any atom is 0.401 e. The third-order valence-corrected chi connectivity index (χ3v) is 4.24. The van der Waals surface area contributed by atoms with Crippen LogP contribution in [0.1, 0.15) is 18.9 Å². The molecular weight excluding hydrogens is 373 g/mol. The lowest BCUT2D eigenvalue weighted by atomic mass is 10.2. The van der Waals surface area contributed by atoms with Crippen LogP contribution in [0, 0.1) is 0 Å². The number of alkyl halides is 3. The second kappa shape index (κ2) is 11.2. The SMILES string of the molecule is CCNC(=NCC(O)COCc1ccccc1)NC1CCN(CC(F)(F)F)C1. The van der Waals surface area contributed by atoms with E-state index in [1.54, 1.807) is 0 Å². The van der Waals surface area contributed by atoms with Gasteiger partial charge in [0.05, 0.1) is 32.4 Å². The molecular formula is C19H29F3N4O2. The molecule has 1 aliphatic heterocycles. The maximum absolute atomic E-state index is 12.5. The molecule has 1 aliphatic rings. The van der Waals surface area contributed by atoms with E-state index in [9.17, 15) is 18.3 Å². The number of nitrogens with one attached hydrogen (secondary N) is 2. The number of hydrogen-bond acceptors (Lipinski definition) is 4. The fraction of sp³-hybridized carbons (Fsp3) is 0.632. The highest BCUT2D eigenvalue weighted by Gasteiger charge is 2.34. The molecule has 0 amide bonds. The summed E-state index contributed by atoms with van der Waals surface area (Å²) in [6.07, 6.45) is -4.33. The quantitative estimate of drug-likeness (QED) is 0.434. The van der Waals surface area contributed by atoms with Crippen LogP contribution in [0.5, 0.6) is 0 Å². The van der Waals surface area contributed by atoms with E-state index >= 15 is 0 Å². The lowest BCUT2D eigenvalue weighted by molar-refractivity contribution is -0.143. The molecule has 0 spiro atoms. The summed E-state index contributed by atoms with van der Waals surface area (Å²) in [7, 11) is 0. The maximum atomic E-state index is 12.5. The van der Waals surface area contributed by atoms with Crippen LogP contribution >= 0.6 is 0 Å². The summed E-state index contributed by atoms with van der Waals surface area (Å²) in [5.41, 5.74) is 1.03. The number of aliphatic hydroxyl groups is 1. The van der Waals surface area contributed by atoms with Gasteiger partial charge in [0.2, 0.25) is 0 Å². The summed E-state index contributed by atoms with van der Waals surface area (Å²) >= 11 is 0. The van der Waals surface area contributed by atoms with Crippen LogP contribution in [-0.2, 0) is 11.3 Å². The van der Waals surface area contributed by atoms with Gasteiger partial charge in [0, 0.05) is 25.7 Å². The predicted molar refractivity (Wildman–Crippen MR) is 102 cm³/mol. The van der Waals surface area contributed by atoms with Gasteiger partial charge in [-0.1, -0.05) is 30.3 Å². The Balaban J connectivity index is 1.73. The van der Waals surface area contributed by atoms with Gasteiger partial charge in [0.15, 0.2) is 5.96 Å². The molecule has 0 radical (unpaired) electrons. The molecule has 28 heavy (non-hydrogen) atoms. The molecule has 1 heterocycles. The Morgan fingerprint density at radius 2 is 2.11 bits per heavy atom. The van der Waals surface area contributed by atoms with E-state index in [0.717, 1.165) is 5.56 Å². The number of nitrogens with zero attached hydrogens (tertiary/aromatic N) is 2. The van der Waals surface area contributed by atoms with Gasteiger partial charge in [-0.2, -0.15) is 13.2 Å². The van der Waals surface area contributed by atoms with E-state index in [2.05, 4.69) is 15.6 Å². The van der Waals surface area contributed by atoms with Gasteiger partial charge < -0.3 is 20.5 Å². The first-order valence-electron chi connectivity index (χ1n) is 9.49. The molecule has 158 valence electrons. The first-order chi connectivity index (χ1) is 13.4. The Bertz CT molecular complexity index is 599. The van der Waals surface area contributed by atoms with E-state index in [1.165, 1.54) is 4.90 Å². The molecule has 0 bridgehead atoms. The largest absolute Gasteiger partial charge is 0.401 e. The second-order valence-corrected chi connectivity index (χ2v) is 6.85. The van der Waals surface area contributed by atoms with Gasteiger partial charge in [0.1, 0.15) is 0 Å². The fourth-order valence-electron chi connectivity index (χ4n) is 3.00. The van der Waals surface area contributed by atoms with Crippen molar-refractivity contribution >= 4 is 5.96 Å². The lowest BCUT2D eigenvalue weighted by Gasteiger charge is -2.20. The molecule has 6 nitrogen and oxygen atoms in total. The molecule has 0 aromatic heterocycles. The number of likely N-dealkylation sites (tertiary alicyclic amines) is 1. The molecule has 0 aliphatic carbocycles. The lowest BCUT2D eigenvalue weighted by Crippen LogP contribution is -2.45. The number of aliphatic hydroxyl groups excluding tert-OH is 1. The molecule has 3 N–H and O–H groups in total. The van der Waals surface area contributed by atoms with Gasteiger partial charge in [-0.15, -0.1) is 0 Å². The van der Waals surface area contributed by atoms with Crippen molar-refractivity contribution in [3.63, 3.8) is 0 Å². The number of guanidine groups is 1. The van der Waals surface area contributed by atoms with Crippen molar-refractivity contribution < 1.29 is 23.0 Å². The van der Waals surface area contributed by atoms with E-state index in [-0.39, 0.29) is 19.2 Å². The molecule has 1 aromatic rings. The summed E-state index contributed by atoms with van der Waals surface area (Å²) < 4.78 is 43.0. The third kappa shape index (κ3) is 8.90. The van der Waals surface area contributed by atoms with Crippen molar-refractivity contribution in [1.82, 2.24) is 15.5 Å². The van der Waals surface area contributed by atoms with Crippen molar-refractivity contribution in [1.29, 1.82) is 0 Å². The van der Waals surface area contributed by atoms with Crippen molar-refractivity contribution in [2.24, 2.45) is 4.99 Å². The number of halogens is 3. The topological polar surface area (TPSA) is 69.1 Å². The second-order valence-electron chi connectivity index (χ2n) is 6.85. The highest BCUT2D eigenvalue weighted by molar-refractivity contribution is 5.80. The number of hydrogen-bond donors (Lipinski definition) is 3. The minimum Gasteiger partial charge on any atom is -0.389 e. The molecule has 1 saturated heterocycles. The molecule has 0 saturated carbocycles. The first kappa shape index (κ1) is 22.4. The molecule has 1 aromatic carbocycles. The van der Waals surface area contributed by atoms with E-state index < -0.39 is 18.8 Å². The summed E-state index contributed by atoms with van der Waals surface area (Å²) in [4.78, 5) is 5.71. The average molecular weight is 402 g/mol. The third-order valence-electron chi connectivity index (χ3n) is 4.24. The van der Waals surface area contributed by atoms with Crippen LogP contribution in [0.25, 0.3) is 0 Å². The Labute approximate surface area is 163 Å². The van der Waals surface area contributed by atoms with Crippen molar-refractivity contribution in [3.8, 4) is 0 Å². The Hall–Kier alpha value is -1.84. The van der Waals surface area contributed by atoms with E-state index in [1.807, 2.05) is 37.3 Å². The zero-order valence-corrected chi connectivity index (χ0v) is 16.1. The van der Waals surface area contributed by atoms with Gasteiger partial charge in [-0.05, 0) is 18.9 Å². The minimum absolute atomic E-state index is 0.105. The average Bonchev–Trinajstić information content (AvgIpc) is 3.06. The monoisotopic (exact) mass is 402 g/mol. The van der Waals surface area contributed by atoms with Crippen LogP contribution < -0.4 is 10.6 Å². The summed E-state index contributed by atoms with van der Waals surface area (Å²) in [6.45, 7) is 3.04. The van der Waals surface area contributed by atoms with Gasteiger partial charge in [-0.25, -0.2) is 0 Å². The Kier molecular flexibility index (Phi) is 9.01. The van der Waals surface area contributed by atoms with Crippen molar-refractivity contribution in [3.05, 3.63) is 35.9 Å². The number of aliphatic imine (C=N–C) groups is 1. The molecule has 2 atom stereocenters.